The van der Waals surface area contributed by atoms with Gasteiger partial charge in [-0.1, -0.05) is 45.9 Å². The summed E-state index contributed by atoms with van der Waals surface area (Å²) in [5, 5.41) is 25.2. The van der Waals surface area contributed by atoms with Crippen LogP contribution >= 0.6 is 0 Å². The van der Waals surface area contributed by atoms with Crippen LogP contribution in [-0.4, -0.2) is 78.6 Å². The first kappa shape index (κ1) is 38.7. The van der Waals surface area contributed by atoms with E-state index in [4.69, 9.17) is 23.4 Å². The molecule has 12 heteroatoms. The molecule has 12 nitrogen and oxygen atoms in total. The molecule has 2 heterocycles. The molecule has 272 valence electrons. The lowest BCUT2D eigenvalue weighted by Gasteiger charge is -2.47. The number of aryl methyl sites for hydroxylation is 2. The van der Waals surface area contributed by atoms with E-state index in [2.05, 4.69) is 5.32 Å². The standard InChI is InChI=1S/C38H49NO11/c1-17(32(42)21(5)36-23(7)35(49-24(8)40)20(4)28(50-36)16-29(46-9)47-10)12-11-13-18(2)38(45)39-26-15-27(41)30-25-14-19(3)48-37(25)22(6)33(43)31(30)34(26)44/h11-15,17,20-21,23,28-29,32,35-36,42-43H,16H2,1-10H3,(H,39,45)/b12-11+,18-13-. The van der Waals surface area contributed by atoms with Crippen LogP contribution in [0.25, 0.3) is 11.0 Å². The molecule has 2 aromatic rings. The minimum absolute atomic E-state index is 0.0361. The van der Waals surface area contributed by atoms with Crippen molar-refractivity contribution in [1.82, 2.24) is 5.32 Å². The van der Waals surface area contributed by atoms with Crippen molar-refractivity contribution >= 4 is 34.4 Å². The maximum absolute atomic E-state index is 13.4. The van der Waals surface area contributed by atoms with E-state index in [0.717, 1.165) is 6.08 Å². The van der Waals surface area contributed by atoms with Crippen molar-refractivity contribution in [2.24, 2.45) is 23.7 Å². The molecule has 0 bridgehead atoms. The number of carbonyl (C=O) groups excluding carboxylic acids is 4. The molecular formula is C38H49NO11. The summed E-state index contributed by atoms with van der Waals surface area (Å²) in [7, 11) is 3.09. The first-order valence-electron chi connectivity index (χ1n) is 16.8. The van der Waals surface area contributed by atoms with Gasteiger partial charge < -0.3 is 38.9 Å². The van der Waals surface area contributed by atoms with Crippen LogP contribution in [0.5, 0.6) is 5.75 Å². The number of furan rings is 1. The molecule has 1 aromatic carbocycles. The average Bonchev–Trinajstić information content (AvgIpc) is 3.46. The lowest BCUT2D eigenvalue weighted by atomic mass is 9.75. The Morgan fingerprint density at radius 2 is 1.72 bits per heavy atom. The summed E-state index contributed by atoms with van der Waals surface area (Å²) >= 11 is 0. The van der Waals surface area contributed by atoms with Gasteiger partial charge in [-0.2, -0.15) is 0 Å². The van der Waals surface area contributed by atoms with Gasteiger partial charge in [0.25, 0.3) is 5.91 Å². The number of nitrogens with one attached hydrogen (secondary N) is 1. The zero-order chi connectivity index (χ0) is 37.2. The van der Waals surface area contributed by atoms with Gasteiger partial charge in [-0.3, -0.25) is 19.2 Å². The summed E-state index contributed by atoms with van der Waals surface area (Å²) in [4.78, 5) is 51.6. The van der Waals surface area contributed by atoms with Gasteiger partial charge in [0.2, 0.25) is 5.78 Å². The number of ether oxygens (including phenoxy) is 4. The zero-order valence-electron chi connectivity index (χ0n) is 30.4. The van der Waals surface area contributed by atoms with Crippen molar-refractivity contribution in [1.29, 1.82) is 0 Å². The number of phenols is 1. The maximum atomic E-state index is 13.4. The minimum atomic E-state index is -0.855. The molecule has 8 atom stereocenters. The lowest BCUT2D eigenvalue weighted by molar-refractivity contribution is -0.223. The number of methoxy groups -OCH3 is 2. The van der Waals surface area contributed by atoms with E-state index >= 15 is 0 Å². The van der Waals surface area contributed by atoms with Crippen molar-refractivity contribution in [3.05, 3.63) is 64.1 Å². The van der Waals surface area contributed by atoms with Crippen LogP contribution in [0.4, 0.5) is 0 Å². The highest BCUT2D eigenvalue weighted by molar-refractivity contribution is 6.30. The highest BCUT2D eigenvalue weighted by atomic mass is 16.7. The molecule has 1 saturated heterocycles. The van der Waals surface area contributed by atoms with E-state index in [9.17, 15) is 29.4 Å². The Balaban J connectivity index is 1.45. The fraction of sp³-hybridized carbons (Fsp3) is 0.526. The number of benzene rings is 1. The van der Waals surface area contributed by atoms with Gasteiger partial charge in [0.05, 0.1) is 29.6 Å². The van der Waals surface area contributed by atoms with Crippen LogP contribution in [-0.2, 0) is 28.5 Å². The first-order valence-corrected chi connectivity index (χ1v) is 16.8. The molecule has 2 aliphatic rings. The normalized spacial score (nSPS) is 24.7. The number of esters is 1. The fourth-order valence-electron chi connectivity index (χ4n) is 7.04. The van der Waals surface area contributed by atoms with Crippen molar-refractivity contribution in [3.63, 3.8) is 0 Å². The number of aromatic hydroxyl groups is 1. The Hall–Kier alpha value is -4.10. The molecule has 1 amide bonds. The van der Waals surface area contributed by atoms with Crippen molar-refractivity contribution in [2.75, 3.05) is 14.2 Å². The number of rotatable bonds is 12. The molecule has 0 radical (unpaired) electrons. The van der Waals surface area contributed by atoms with Gasteiger partial charge >= 0.3 is 5.97 Å². The third-order valence-electron chi connectivity index (χ3n) is 9.99. The summed E-state index contributed by atoms with van der Waals surface area (Å²) in [6, 6.07) is 1.64. The predicted molar refractivity (Wildman–Crippen MR) is 184 cm³/mol. The van der Waals surface area contributed by atoms with Gasteiger partial charge in [-0.25, -0.2) is 0 Å². The highest BCUT2D eigenvalue weighted by Gasteiger charge is 2.47. The highest BCUT2D eigenvalue weighted by Crippen LogP contribution is 2.41. The number of phenolic OH excluding ortho intramolecular Hbond substituents is 1. The van der Waals surface area contributed by atoms with E-state index in [1.165, 1.54) is 13.0 Å². The molecule has 1 aliphatic heterocycles. The number of hydrogen-bond donors (Lipinski definition) is 3. The van der Waals surface area contributed by atoms with Crippen LogP contribution in [0.2, 0.25) is 0 Å². The molecular weight excluding hydrogens is 646 g/mol. The number of ketones is 2. The third kappa shape index (κ3) is 7.78. The van der Waals surface area contributed by atoms with E-state index in [0.29, 0.717) is 28.7 Å². The molecule has 1 aromatic heterocycles. The summed E-state index contributed by atoms with van der Waals surface area (Å²) < 4.78 is 28.7. The summed E-state index contributed by atoms with van der Waals surface area (Å²) in [6.45, 7) is 13.9. The number of aliphatic hydroxyl groups is 1. The number of hydrogen-bond acceptors (Lipinski definition) is 11. The van der Waals surface area contributed by atoms with Gasteiger partial charge in [-0.15, -0.1) is 0 Å². The van der Waals surface area contributed by atoms with Crippen molar-refractivity contribution < 1.29 is 52.8 Å². The van der Waals surface area contributed by atoms with Crippen LogP contribution in [0, 0.1) is 37.5 Å². The zero-order valence-corrected chi connectivity index (χ0v) is 30.4. The lowest BCUT2D eigenvalue weighted by Crippen LogP contribution is -2.55. The van der Waals surface area contributed by atoms with E-state index in [-0.39, 0.29) is 57.9 Å². The van der Waals surface area contributed by atoms with Gasteiger partial charge in [-0.05, 0) is 26.8 Å². The Kier molecular flexibility index (Phi) is 12.3. The SMILES string of the molecule is COC(CC1OC(C(C)C(O)C(C)/C=C/C=C(/C)C(=O)NC2=CC(=O)c3c(c(O)c(C)c4oc(C)cc34)C2=O)C(C)C(OC(C)=O)C1C)OC. The van der Waals surface area contributed by atoms with Gasteiger partial charge in [0.15, 0.2) is 12.1 Å². The first-order chi connectivity index (χ1) is 23.5. The van der Waals surface area contributed by atoms with Crippen LogP contribution < -0.4 is 5.32 Å². The van der Waals surface area contributed by atoms with E-state index < -0.39 is 48.0 Å². The van der Waals surface area contributed by atoms with Gasteiger partial charge in [0.1, 0.15) is 23.2 Å². The fourth-order valence-corrected chi connectivity index (χ4v) is 7.04. The Morgan fingerprint density at radius 1 is 1.06 bits per heavy atom. The average molecular weight is 696 g/mol. The second-order valence-electron chi connectivity index (χ2n) is 13.5. The van der Waals surface area contributed by atoms with Crippen LogP contribution in [0.1, 0.15) is 80.0 Å². The second kappa shape index (κ2) is 15.8. The molecule has 4 rings (SSSR count). The smallest absolute Gasteiger partial charge is 0.302 e. The predicted octanol–water partition coefficient (Wildman–Crippen LogP) is 5.25. The number of amides is 1. The van der Waals surface area contributed by atoms with E-state index in [1.54, 1.807) is 53.2 Å². The largest absolute Gasteiger partial charge is 0.507 e. The number of Topliss-reactive ketones (excluding diaryl/α,β-unsaturated/α-hetero) is 1. The minimum Gasteiger partial charge on any atom is -0.507 e. The number of carbonyl (C=O) groups is 4. The van der Waals surface area contributed by atoms with Gasteiger partial charge in [0, 0.05) is 79.4 Å². The quantitative estimate of drug-likeness (QED) is 0.115. The molecule has 1 fully saturated rings. The molecule has 0 saturated carbocycles. The summed E-state index contributed by atoms with van der Waals surface area (Å²) in [5.74, 6) is -3.16. The molecule has 8 unspecified atom stereocenters. The summed E-state index contributed by atoms with van der Waals surface area (Å²) in [5.41, 5.74) is 0.495. The molecule has 1 aliphatic carbocycles. The monoisotopic (exact) mass is 695 g/mol. The maximum Gasteiger partial charge on any atom is 0.302 e. The molecule has 0 spiro atoms. The van der Waals surface area contributed by atoms with Crippen LogP contribution in [0.15, 0.2) is 46.1 Å². The second-order valence-corrected chi connectivity index (χ2v) is 13.5. The number of allylic oxidation sites excluding steroid dienone is 4. The Labute approximate surface area is 292 Å². The third-order valence-corrected chi connectivity index (χ3v) is 9.99. The van der Waals surface area contributed by atoms with E-state index in [1.807, 2.05) is 27.7 Å². The topological polar surface area (TPSA) is 171 Å². The summed E-state index contributed by atoms with van der Waals surface area (Å²) in [6.07, 6.45) is 3.79. The number of fused-ring (bicyclic) bond motifs is 3. The Morgan fingerprint density at radius 3 is 2.34 bits per heavy atom. The number of aliphatic hydroxyl groups excluding tert-OH is 1. The Bertz CT molecular complexity index is 1730. The molecule has 3 N–H and O–H groups in total. The molecule has 50 heavy (non-hydrogen) atoms. The van der Waals surface area contributed by atoms with Crippen molar-refractivity contribution in [3.8, 4) is 5.75 Å². The van der Waals surface area contributed by atoms with Crippen molar-refractivity contribution in [2.45, 2.75) is 92.5 Å². The van der Waals surface area contributed by atoms with Crippen LogP contribution in [0.3, 0.4) is 0 Å².